The minimum absolute atomic E-state index is 0.241. The van der Waals surface area contributed by atoms with Crippen LogP contribution in [0.3, 0.4) is 0 Å². The van der Waals surface area contributed by atoms with Crippen LogP contribution >= 0.6 is 0 Å². The molecule has 0 heterocycles. The van der Waals surface area contributed by atoms with Gasteiger partial charge in [-0.1, -0.05) is 29.5 Å². The average Bonchev–Trinajstić information content (AvgIpc) is 2.40. The number of ketones is 2. The molecule has 20 heavy (non-hydrogen) atoms. The number of methoxy groups -OCH3 is 1. The molecule has 0 aromatic heterocycles. The van der Waals surface area contributed by atoms with Crippen LogP contribution < -0.4 is 0 Å². The van der Waals surface area contributed by atoms with Gasteiger partial charge < -0.3 is 4.74 Å². The monoisotopic (exact) mass is 272 g/mol. The van der Waals surface area contributed by atoms with Crippen molar-refractivity contribution in [2.45, 2.75) is 33.8 Å². The average molecular weight is 272 g/mol. The van der Waals surface area contributed by atoms with Gasteiger partial charge in [-0.3, -0.25) is 9.59 Å². The molecule has 0 fully saturated rings. The first kappa shape index (κ1) is 16.1. The fourth-order valence-electron chi connectivity index (χ4n) is 1.84. The highest BCUT2D eigenvalue weighted by molar-refractivity contribution is 6.05. The van der Waals surface area contributed by atoms with E-state index in [0.717, 1.165) is 11.1 Å². The summed E-state index contributed by atoms with van der Waals surface area (Å²) in [5.74, 6) is 5.37. The molecular formula is C17H20O3. The van der Waals surface area contributed by atoms with Crippen molar-refractivity contribution in [3.8, 4) is 11.8 Å². The summed E-state index contributed by atoms with van der Waals surface area (Å²) in [7, 11) is 1.46. The van der Waals surface area contributed by atoms with Gasteiger partial charge in [-0.2, -0.15) is 0 Å². The fourth-order valence-corrected chi connectivity index (χ4v) is 1.84. The standard InChI is InChI=1S/C17H20O3/c1-12-6-8-15(9-7-12)10-11-16(20-5)17(4,13(2)18)14(3)19/h6-9,16H,1-5H3. The summed E-state index contributed by atoms with van der Waals surface area (Å²) in [6, 6.07) is 7.71. The molecule has 1 unspecified atom stereocenters. The van der Waals surface area contributed by atoms with E-state index in [1.165, 1.54) is 21.0 Å². The van der Waals surface area contributed by atoms with Gasteiger partial charge in [0.05, 0.1) is 0 Å². The number of hydrogen-bond acceptors (Lipinski definition) is 3. The Morgan fingerprint density at radius 1 is 1.15 bits per heavy atom. The van der Waals surface area contributed by atoms with Gasteiger partial charge in [-0.15, -0.1) is 0 Å². The van der Waals surface area contributed by atoms with Gasteiger partial charge in [0, 0.05) is 12.7 Å². The first-order valence-electron chi connectivity index (χ1n) is 6.45. The summed E-state index contributed by atoms with van der Waals surface area (Å²) >= 11 is 0. The maximum Gasteiger partial charge on any atom is 0.146 e. The maximum atomic E-state index is 11.8. The first-order valence-corrected chi connectivity index (χ1v) is 6.45. The van der Waals surface area contributed by atoms with E-state index in [0.29, 0.717) is 0 Å². The quantitative estimate of drug-likeness (QED) is 0.625. The van der Waals surface area contributed by atoms with Crippen LogP contribution in [-0.2, 0) is 14.3 Å². The lowest BCUT2D eigenvalue weighted by molar-refractivity contribution is -0.143. The Hall–Kier alpha value is -1.92. The van der Waals surface area contributed by atoms with Crippen LogP contribution in [0.1, 0.15) is 31.9 Å². The van der Waals surface area contributed by atoms with Crippen molar-refractivity contribution in [1.29, 1.82) is 0 Å². The molecule has 1 aromatic rings. The molecule has 1 rings (SSSR count). The second kappa shape index (κ2) is 6.49. The van der Waals surface area contributed by atoms with E-state index < -0.39 is 11.5 Å². The predicted molar refractivity (Wildman–Crippen MR) is 78.3 cm³/mol. The minimum atomic E-state index is -1.23. The van der Waals surface area contributed by atoms with Crippen molar-refractivity contribution >= 4 is 11.6 Å². The Morgan fingerprint density at radius 3 is 2.05 bits per heavy atom. The molecule has 106 valence electrons. The van der Waals surface area contributed by atoms with E-state index in [-0.39, 0.29) is 11.6 Å². The zero-order chi connectivity index (χ0) is 15.3. The van der Waals surface area contributed by atoms with Gasteiger partial charge in [0.25, 0.3) is 0 Å². The lowest BCUT2D eigenvalue weighted by Crippen LogP contribution is -2.44. The summed E-state index contributed by atoms with van der Waals surface area (Å²) in [5, 5.41) is 0. The molecule has 0 spiro atoms. The zero-order valence-electron chi connectivity index (χ0n) is 12.6. The van der Waals surface area contributed by atoms with Crippen LogP contribution in [0.5, 0.6) is 0 Å². The van der Waals surface area contributed by atoms with Crippen LogP contribution in [0, 0.1) is 24.2 Å². The molecule has 0 aliphatic rings. The number of hydrogen-bond donors (Lipinski definition) is 0. The maximum absolute atomic E-state index is 11.8. The number of aryl methyl sites for hydroxylation is 1. The van der Waals surface area contributed by atoms with Crippen LogP contribution in [-0.4, -0.2) is 24.8 Å². The van der Waals surface area contributed by atoms with Crippen molar-refractivity contribution < 1.29 is 14.3 Å². The topological polar surface area (TPSA) is 43.4 Å². The van der Waals surface area contributed by atoms with Crippen LogP contribution in [0.15, 0.2) is 24.3 Å². The van der Waals surface area contributed by atoms with Crippen molar-refractivity contribution in [2.24, 2.45) is 5.41 Å². The predicted octanol–water partition coefficient (Wildman–Crippen LogP) is 2.55. The molecule has 1 aromatic carbocycles. The van der Waals surface area contributed by atoms with E-state index >= 15 is 0 Å². The number of Topliss-reactive ketones (excluding diaryl/α,β-unsaturated/α-hetero) is 2. The second-order valence-corrected chi connectivity index (χ2v) is 5.07. The number of carbonyl (C=O) groups excluding carboxylic acids is 2. The molecular weight excluding hydrogens is 252 g/mol. The molecule has 3 nitrogen and oxygen atoms in total. The van der Waals surface area contributed by atoms with E-state index in [4.69, 9.17) is 4.74 Å². The first-order chi connectivity index (χ1) is 9.32. The number of benzene rings is 1. The Kier molecular flexibility index (Phi) is 5.24. The molecule has 0 aliphatic carbocycles. The number of ether oxygens (including phenoxy) is 1. The normalized spacial score (nSPS) is 12.2. The van der Waals surface area contributed by atoms with Gasteiger partial charge in [0.1, 0.15) is 23.1 Å². The summed E-state index contributed by atoms with van der Waals surface area (Å²) in [5.41, 5.74) is 0.746. The molecule has 1 atom stereocenters. The number of rotatable bonds is 4. The van der Waals surface area contributed by atoms with Crippen molar-refractivity contribution in [2.75, 3.05) is 7.11 Å². The molecule has 0 aliphatic heterocycles. The van der Waals surface area contributed by atoms with E-state index in [1.807, 2.05) is 31.2 Å². The molecule has 0 amide bonds. The fraction of sp³-hybridized carbons (Fsp3) is 0.412. The highest BCUT2D eigenvalue weighted by Gasteiger charge is 2.43. The molecule has 3 heteroatoms. The Bertz CT molecular complexity index is 544. The van der Waals surface area contributed by atoms with E-state index in [9.17, 15) is 9.59 Å². The zero-order valence-corrected chi connectivity index (χ0v) is 12.6. The molecule has 0 radical (unpaired) electrons. The van der Waals surface area contributed by atoms with Gasteiger partial charge in [0.2, 0.25) is 0 Å². The smallest absolute Gasteiger partial charge is 0.146 e. The third-order valence-corrected chi connectivity index (χ3v) is 3.62. The van der Waals surface area contributed by atoms with Crippen molar-refractivity contribution in [1.82, 2.24) is 0 Å². The molecule has 0 N–H and O–H groups in total. The second-order valence-electron chi connectivity index (χ2n) is 5.07. The van der Waals surface area contributed by atoms with Crippen LogP contribution in [0.25, 0.3) is 0 Å². The summed E-state index contributed by atoms with van der Waals surface area (Å²) in [4.78, 5) is 23.6. The van der Waals surface area contributed by atoms with Gasteiger partial charge in [0.15, 0.2) is 0 Å². The van der Waals surface area contributed by atoms with Crippen molar-refractivity contribution in [3.63, 3.8) is 0 Å². The van der Waals surface area contributed by atoms with Crippen LogP contribution in [0.2, 0.25) is 0 Å². The molecule has 0 bridgehead atoms. The Balaban J connectivity index is 3.12. The van der Waals surface area contributed by atoms with E-state index in [1.54, 1.807) is 6.92 Å². The SMILES string of the molecule is COC(C#Cc1ccc(C)cc1)C(C)(C(C)=O)C(C)=O. The highest BCUT2D eigenvalue weighted by atomic mass is 16.5. The van der Waals surface area contributed by atoms with Gasteiger partial charge >= 0.3 is 0 Å². The third-order valence-electron chi connectivity index (χ3n) is 3.62. The summed E-state index contributed by atoms with van der Waals surface area (Å²) in [6.07, 6.45) is -0.751. The Labute approximate surface area is 120 Å². The minimum Gasteiger partial charge on any atom is -0.367 e. The third kappa shape index (κ3) is 3.34. The molecule has 0 saturated heterocycles. The lowest BCUT2D eigenvalue weighted by atomic mass is 9.77. The van der Waals surface area contributed by atoms with E-state index in [2.05, 4.69) is 11.8 Å². The van der Waals surface area contributed by atoms with Gasteiger partial charge in [-0.25, -0.2) is 0 Å². The largest absolute Gasteiger partial charge is 0.367 e. The highest BCUT2D eigenvalue weighted by Crippen LogP contribution is 2.26. The van der Waals surface area contributed by atoms with Crippen LogP contribution in [0.4, 0.5) is 0 Å². The lowest BCUT2D eigenvalue weighted by Gasteiger charge is -2.28. The molecule has 0 saturated carbocycles. The Morgan fingerprint density at radius 2 is 1.65 bits per heavy atom. The van der Waals surface area contributed by atoms with Crippen molar-refractivity contribution in [3.05, 3.63) is 35.4 Å². The summed E-state index contributed by atoms with van der Waals surface area (Å²) in [6.45, 7) is 6.36. The summed E-state index contributed by atoms with van der Waals surface area (Å²) < 4.78 is 5.27. The number of carbonyl (C=O) groups is 2. The van der Waals surface area contributed by atoms with Gasteiger partial charge in [-0.05, 0) is 39.8 Å².